The molecule has 0 saturated carbocycles. The summed E-state index contributed by atoms with van der Waals surface area (Å²) in [6.45, 7) is 42.8. The number of rotatable bonds is 4. The van der Waals surface area contributed by atoms with E-state index in [-0.39, 0.29) is 0 Å². The maximum Gasteiger partial charge on any atom is 0.0723 e. The Morgan fingerprint density at radius 1 is 0.636 bits per heavy atom. The molecule has 0 N–H and O–H groups in total. The molecule has 3 aliphatic rings. The number of nitrogens with zero attached hydrogens (tertiary/aromatic N) is 5. The average molecular weight is 758 g/mol. The number of pyridine rings is 1. The normalized spacial score (nSPS) is 16.0. The lowest BCUT2D eigenvalue weighted by Crippen LogP contribution is -2.54. The predicted octanol–water partition coefficient (Wildman–Crippen LogP) is 12.6. The fourth-order valence-electron chi connectivity index (χ4n) is 6.71. The Hall–Kier alpha value is -3.17. The zero-order chi connectivity index (χ0) is 42.2. The quantitative estimate of drug-likeness (QED) is 0.195. The first-order chi connectivity index (χ1) is 26.7. The summed E-state index contributed by atoms with van der Waals surface area (Å²) in [6, 6.07) is 16.7. The molecule has 312 valence electrons. The van der Waals surface area contributed by atoms with E-state index < -0.39 is 0 Å². The molecule has 0 atom stereocenters. The van der Waals surface area contributed by atoms with Gasteiger partial charge in [-0.2, -0.15) is 0 Å². The zero-order valence-corrected chi connectivity index (χ0v) is 38.6. The molecule has 3 fully saturated rings. The van der Waals surface area contributed by atoms with E-state index in [1.165, 1.54) is 111 Å². The van der Waals surface area contributed by atoms with Crippen LogP contribution in [0.25, 0.3) is 10.9 Å². The molecule has 1 aromatic heterocycles. The van der Waals surface area contributed by atoms with Crippen LogP contribution in [-0.2, 0) is 0 Å². The summed E-state index contributed by atoms with van der Waals surface area (Å²) >= 11 is 0. The number of fused-ring (bicyclic) bond motifs is 1. The van der Waals surface area contributed by atoms with Crippen LogP contribution in [0.5, 0.6) is 0 Å². The Labute approximate surface area is 343 Å². The molecule has 5 heteroatoms. The Kier molecular flexibility index (Phi) is 33.4. The molecule has 0 bridgehead atoms. The van der Waals surface area contributed by atoms with Gasteiger partial charge in [-0.3, -0.25) is 9.88 Å². The van der Waals surface area contributed by atoms with Crippen molar-refractivity contribution in [1.29, 1.82) is 0 Å². The van der Waals surface area contributed by atoms with Gasteiger partial charge in [0.2, 0.25) is 0 Å². The van der Waals surface area contributed by atoms with Gasteiger partial charge < -0.3 is 14.7 Å². The summed E-state index contributed by atoms with van der Waals surface area (Å²) in [6.07, 6.45) is 15.6. The zero-order valence-electron chi connectivity index (χ0n) is 38.6. The van der Waals surface area contributed by atoms with Crippen LogP contribution in [0, 0.1) is 40.0 Å². The van der Waals surface area contributed by atoms with Gasteiger partial charge in [-0.05, 0) is 91.2 Å². The average Bonchev–Trinajstić information content (AvgIpc) is 3.25. The maximum atomic E-state index is 4.78. The van der Waals surface area contributed by atoms with E-state index in [2.05, 4.69) is 141 Å². The second-order valence-corrected chi connectivity index (χ2v) is 13.8. The number of piperidine rings is 2. The molecule has 0 amide bonds. The molecule has 3 aliphatic heterocycles. The van der Waals surface area contributed by atoms with Gasteiger partial charge in [0, 0.05) is 69.4 Å². The SMILES string of the molecule is C#CCC.C=C.CC.CC.CC.CCCC.Cc1ccc(C)cc1.Cc1ccc2ncc(C)c(N3CCC(N4CCC(N5CCN(C)CC5)CC4)CC3)c2c1. The molecule has 6 rings (SSSR count). The van der Waals surface area contributed by atoms with Crippen molar-refractivity contribution in [2.45, 2.75) is 147 Å². The summed E-state index contributed by atoms with van der Waals surface area (Å²) in [5, 5.41) is 1.33. The molecule has 5 nitrogen and oxygen atoms in total. The third-order valence-corrected chi connectivity index (χ3v) is 9.95. The van der Waals surface area contributed by atoms with Crippen LogP contribution in [-0.4, -0.2) is 91.2 Å². The largest absolute Gasteiger partial charge is 0.371 e. The lowest BCUT2D eigenvalue weighted by Gasteiger charge is -2.46. The fourth-order valence-corrected chi connectivity index (χ4v) is 6.71. The standard InChI is InChI=1S/C26H39N5.C8H10.C4H10.C4H6.3C2H6.C2H4/c1-20-4-5-25-24(18-20)26(21(2)19-27-25)31-12-8-22(9-13-31)29-10-6-23(7-11-29)30-16-14-28(3)15-17-30;1-7-3-5-8(2)6-4-7;2*1-3-4-2;4*1-2/h4-5,18-19,22-23H,6-17H2,1-3H3;3-6H,1-2H3;3-4H2,1-2H3;1H,4H2,2H3;3*1-2H3;1-2H2. The Balaban J connectivity index is 0. The second kappa shape index (κ2) is 34.1. The summed E-state index contributed by atoms with van der Waals surface area (Å²) in [5.74, 6) is 2.43. The minimum atomic E-state index is 0.764. The van der Waals surface area contributed by atoms with Crippen molar-refractivity contribution in [2.75, 3.05) is 64.3 Å². The number of benzene rings is 2. The van der Waals surface area contributed by atoms with Crippen LogP contribution in [0.4, 0.5) is 5.69 Å². The highest BCUT2D eigenvalue weighted by atomic mass is 15.3. The maximum absolute atomic E-state index is 4.78. The first-order valence-corrected chi connectivity index (χ1v) is 21.9. The van der Waals surface area contributed by atoms with Crippen molar-refractivity contribution >= 4 is 16.6 Å². The molecule has 0 aliphatic carbocycles. The third-order valence-electron chi connectivity index (χ3n) is 9.95. The van der Waals surface area contributed by atoms with Crippen molar-refractivity contribution in [3.05, 3.63) is 84.1 Å². The van der Waals surface area contributed by atoms with E-state index in [0.717, 1.165) is 37.1 Å². The van der Waals surface area contributed by atoms with Gasteiger partial charge >= 0.3 is 0 Å². The van der Waals surface area contributed by atoms with E-state index in [4.69, 9.17) is 6.42 Å². The number of likely N-dealkylation sites (N-methyl/N-ethyl adjacent to an activating group) is 1. The molecule has 55 heavy (non-hydrogen) atoms. The molecule has 3 saturated heterocycles. The predicted molar refractivity (Wildman–Crippen MR) is 251 cm³/mol. The molecular formula is C50H87N5. The second-order valence-electron chi connectivity index (χ2n) is 13.8. The number of hydrogen-bond acceptors (Lipinski definition) is 5. The van der Waals surface area contributed by atoms with E-state index in [0.29, 0.717) is 0 Å². The van der Waals surface area contributed by atoms with Gasteiger partial charge in [0.05, 0.1) is 11.2 Å². The molecular weight excluding hydrogens is 671 g/mol. The summed E-state index contributed by atoms with van der Waals surface area (Å²) in [4.78, 5) is 15.3. The molecule has 0 radical (unpaired) electrons. The number of unbranched alkanes of at least 4 members (excludes halogenated alkanes) is 1. The third kappa shape index (κ3) is 20.5. The number of aromatic nitrogens is 1. The van der Waals surface area contributed by atoms with Crippen LogP contribution >= 0.6 is 0 Å². The summed E-state index contributed by atoms with van der Waals surface area (Å²) in [5.41, 5.74) is 7.83. The van der Waals surface area contributed by atoms with Crippen LogP contribution in [0.2, 0.25) is 0 Å². The highest BCUT2D eigenvalue weighted by Crippen LogP contribution is 2.33. The van der Waals surface area contributed by atoms with Crippen molar-refractivity contribution in [2.24, 2.45) is 0 Å². The summed E-state index contributed by atoms with van der Waals surface area (Å²) < 4.78 is 0. The van der Waals surface area contributed by atoms with Gasteiger partial charge in [0.25, 0.3) is 0 Å². The lowest BCUT2D eigenvalue weighted by molar-refractivity contribution is 0.0495. The molecule has 2 aromatic carbocycles. The van der Waals surface area contributed by atoms with Crippen molar-refractivity contribution in [3.63, 3.8) is 0 Å². The first-order valence-electron chi connectivity index (χ1n) is 21.9. The lowest BCUT2D eigenvalue weighted by atomic mass is 9.95. The van der Waals surface area contributed by atoms with Crippen LogP contribution in [0.3, 0.4) is 0 Å². The van der Waals surface area contributed by atoms with Gasteiger partial charge in [0.15, 0.2) is 0 Å². The van der Waals surface area contributed by atoms with Gasteiger partial charge in [-0.15, -0.1) is 25.5 Å². The minimum absolute atomic E-state index is 0.764. The summed E-state index contributed by atoms with van der Waals surface area (Å²) in [7, 11) is 2.25. The van der Waals surface area contributed by atoms with E-state index in [1.54, 1.807) is 0 Å². The van der Waals surface area contributed by atoms with E-state index in [1.807, 2.05) is 48.5 Å². The Morgan fingerprint density at radius 2 is 1.04 bits per heavy atom. The molecule has 0 unspecified atom stereocenters. The van der Waals surface area contributed by atoms with Crippen molar-refractivity contribution in [3.8, 4) is 12.3 Å². The van der Waals surface area contributed by atoms with Gasteiger partial charge in [0.1, 0.15) is 0 Å². The minimum Gasteiger partial charge on any atom is -0.371 e. The number of anilines is 1. The topological polar surface area (TPSA) is 25.9 Å². The van der Waals surface area contributed by atoms with Gasteiger partial charge in [-0.25, -0.2) is 0 Å². The van der Waals surface area contributed by atoms with E-state index >= 15 is 0 Å². The number of aryl methyl sites for hydroxylation is 4. The molecule has 4 heterocycles. The van der Waals surface area contributed by atoms with Crippen LogP contribution < -0.4 is 4.90 Å². The number of hydrogen-bond donors (Lipinski definition) is 0. The number of likely N-dealkylation sites (tertiary alicyclic amines) is 1. The fraction of sp³-hybridized carbons (Fsp3) is 0.620. The Bertz CT molecular complexity index is 1330. The number of piperazine rings is 1. The van der Waals surface area contributed by atoms with Crippen LogP contribution in [0.1, 0.15) is 130 Å². The van der Waals surface area contributed by atoms with E-state index in [9.17, 15) is 0 Å². The van der Waals surface area contributed by atoms with Crippen LogP contribution in [0.15, 0.2) is 61.8 Å². The first kappa shape index (κ1) is 53.9. The van der Waals surface area contributed by atoms with Gasteiger partial charge in [-0.1, -0.05) is 122 Å². The molecule has 0 spiro atoms. The Morgan fingerprint density at radius 3 is 1.45 bits per heavy atom. The van der Waals surface area contributed by atoms with Crippen molar-refractivity contribution in [1.82, 2.24) is 19.7 Å². The highest BCUT2D eigenvalue weighted by Gasteiger charge is 2.31. The number of terminal acetylenes is 1. The monoisotopic (exact) mass is 758 g/mol. The smallest absolute Gasteiger partial charge is 0.0723 e. The highest BCUT2D eigenvalue weighted by molar-refractivity contribution is 5.93. The molecule has 3 aromatic rings. The van der Waals surface area contributed by atoms with Crippen molar-refractivity contribution < 1.29 is 0 Å².